The van der Waals surface area contributed by atoms with Crippen LogP contribution in [-0.2, 0) is 4.79 Å². The van der Waals surface area contributed by atoms with Gasteiger partial charge in [-0.15, -0.1) is 0 Å². The normalized spacial score (nSPS) is 12.4. The van der Waals surface area contributed by atoms with E-state index in [4.69, 9.17) is 21.4 Å². The van der Waals surface area contributed by atoms with Gasteiger partial charge >= 0.3 is 5.97 Å². The maximum absolute atomic E-state index is 10.9. The number of aliphatic carboxylic acids is 1. The summed E-state index contributed by atoms with van der Waals surface area (Å²) in [6.07, 6.45) is 0.572. The van der Waals surface area contributed by atoms with E-state index in [-0.39, 0.29) is 0 Å². The molecule has 1 aromatic carbocycles. The Morgan fingerprint density at radius 1 is 1.56 bits per heavy atom. The van der Waals surface area contributed by atoms with Crippen molar-refractivity contribution >= 4 is 17.6 Å². The van der Waals surface area contributed by atoms with Crippen molar-refractivity contribution in [3.8, 4) is 5.75 Å². The molecule has 0 spiro atoms. The lowest BCUT2D eigenvalue weighted by atomic mass is 10.2. The van der Waals surface area contributed by atoms with Crippen LogP contribution < -0.4 is 4.74 Å². The van der Waals surface area contributed by atoms with Gasteiger partial charge in [0.1, 0.15) is 18.4 Å². The van der Waals surface area contributed by atoms with Crippen molar-refractivity contribution in [3.63, 3.8) is 0 Å². The molecule has 4 nitrogen and oxygen atoms in total. The first kappa shape index (κ1) is 14.8. The van der Waals surface area contributed by atoms with E-state index < -0.39 is 12.0 Å². The zero-order valence-electron chi connectivity index (χ0n) is 10.6. The van der Waals surface area contributed by atoms with Crippen LogP contribution in [-0.4, -0.2) is 42.2 Å². The zero-order valence-corrected chi connectivity index (χ0v) is 11.4. The molecule has 1 N–H and O–H groups in total. The SMILES string of the molecule is CC[C@H](C(=O)O)N(C)CCOc1cccc(Cl)c1. The van der Waals surface area contributed by atoms with Gasteiger partial charge in [0, 0.05) is 11.6 Å². The van der Waals surface area contributed by atoms with Gasteiger partial charge in [-0.2, -0.15) is 0 Å². The predicted octanol–water partition coefficient (Wildman–Crippen LogP) is 2.51. The molecule has 0 bridgehead atoms. The zero-order chi connectivity index (χ0) is 13.5. The Morgan fingerprint density at radius 2 is 2.28 bits per heavy atom. The van der Waals surface area contributed by atoms with Crippen LogP contribution in [0.3, 0.4) is 0 Å². The van der Waals surface area contributed by atoms with E-state index in [0.29, 0.717) is 30.3 Å². The van der Waals surface area contributed by atoms with Gasteiger partial charge in [-0.3, -0.25) is 9.69 Å². The van der Waals surface area contributed by atoms with Crippen molar-refractivity contribution < 1.29 is 14.6 Å². The summed E-state index contributed by atoms with van der Waals surface area (Å²) in [6.45, 7) is 2.84. The minimum absolute atomic E-state index is 0.431. The van der Waals surface area contributed by atoms with Crippen LogP contribution in [0.5, 0.6) is 5.75 Å². The Hall–Kier alpha value is -1.26. The third-order valence-electron chi connectivity index (χ3n) is 2.71. The van der Waals surface area contributed by atoms with Gasteiger partial charge in [-0.05, 0) is 31.7 Å². The first-order chi connectivity index (χ1) is 8.54. The molecule has 0 fully saturated rings. The molecule has 0 radical (unpaired) electrons. The van der Waals surface area contributed by atoms with E-state index in [1.165, 1.54) is 0 Å². The third-order valence-corrected chi connectivity index (χ3v) is 2.95. The largest absolute Gasteiger partial charge is 0.492 e. The molecule has 5 heteroatoms. The molecule has 1 aromatic rings. The van der Waals surface area contributed by atoms with Gasteiger partial charge in [-0.25, -0.2) is 0 Å². The van der Waals surface area contributed by atoms with Crippen LogP contribution in [0.4, 0.5) is 0 Å². The first-order valence-corrected chi connectivity index (χ1v) is 6.23. The lowest BCUT2D eigenvalue weighted by Gasteiger charge is -2.23. The van der Waals surface area contributed by atoms with Gasteiger partial charge in [0.05, 0.1) is 0 Å². The number of benzene rings is 1. The number of hydrogen-bond donors (Lipinski definition) is 1. The summed E-state index contributed by atoms with van der Waals surface area (Å²) in [5, 5.41) is 9.62. The maximum atomic E-state index is 10.9. The smallest absolute Gasteiger partial charge is 0.320 e. The topological polar surface area (TPSA) is 49.8 Å². The maximum Gasteiger partial charge on any atom is 0.320 e. The molecule has 0 heterocycles. The number of halogens is 1. The Balaban J connectivity index is 2.39. The van der Waals surface area contributed by atoms with Crippen molar-refractivity contribution in [1.29, 1.82) is 0 Å². The molecule has 0 unspecified atom stereocenters. The fourth-order valence-electron chi connectivity index (χ4n) is 1.69. The fraction of sp³-hybridized carbons (Fsp3) is 0.462. The highest BCUT2D eigenvalue weighted by Gasteiger charge is 2.19. The molecule has 1 rings (SSSR count). The van der Waals surface area contributed by atoms with Gasteiger partial charge < -0.3 is 9.84 Å². The molecule has 0 aromatic heterocycles. The Kier molecular flexibility index (Phi) is 5.95. The summed E-state index contributed by atoms with van der Waals surface area (Å²) >= 11 is 5.83. The molecular weight excluding hydrogens is 254 g/mol. The Bertz CT molecular complexity index is 398. The van der Waals surface area contributed by atoms with E-state index in [1.807, 2.05) is 19.1 Å². The summed E-state index contributed by atoms with van der Waals surface area (Å²) < 4.78 is 5.51. The fourth-order valence-corrected chi connectivity index (χ4v) is 1.88. The second-order valence-corrected chi connectivity index (χ2v) is 4.49. The summed E-state index contributed by atoms with van der Waals surface area (Å²) in [5.41, 5.74) is 0. The van der Waals surface area contributed by atoms with Gasteiger partial charge in [0.15, 0.2) is 0 Å². The van der Waals surface area contributed by atoms with Crippen LogP contribution >= 0.6 is 11.6 Å². The highest BCUT2D eigenvalue weighted by Crippen LogP contribution is 2.17. The van der Waals surface area contributed by atoms with E-state index >= 15 is 0 Å². The quantitative estimate of drug-likeness (QED) is 0.828. The monoisotopic (exact) mass is 271 g/mol. The predicted molar refractivity (Wildman–Crippen MR) is 71.3 cm³/mol. The minimum Gasteiger partial charge on any atom is -0.492 e. The number of ether oxygens (including phenoxy) is 1. The van der Waals surface area contributed by atoms with Crippen molar-refractivity contribution in [2.45, 2.75) is 19.4 Å². The Morgan fingerprint density at radius 3 is 2.83 bits per heavy atom. The molecule has 0 saturated heterocycles. The van der Waals surface area contributed by atoms with Crippen molar-refractivity contribution in [2.24, 2.45) is 0 Å². The summed E-state index contributed by atoms with van der Waals surface area (Å²) in [6, 6.07) is 6.68. The van der Waals surface area contributed by atoms with E-state index in [1.54, 1.807) is 24.1 Å². The first-order valence-electron chi connectivity index (χ1n) is 5.86. The number of carbonyl (C=O) groups is 1. The van der Waals surface area contributed by atoms with Crippen molar-refractivity contribution in [2.75, 3.05) is 20.2 Å². The second kappa shape index (κ2) is 7.24. The molecule has 100 valence electrons. The number of carboxylic acid groups (broad SMARTS) is 1. The second-order valence-electron chi connectivity index (χ2n) is 4.05. The molecule has 0 aliphatic rings. The molecule has 18 heavy (non-hydrogen) atoms. The lowest BCUT2D eigenvalue weighted by Crippen LogP contribution is -2.40. The molecule has 0 aliphatic carbocycles. The third kappa shape index (κ3) is 4.55. The minimum atomic E-state index is -0.803. The Labute approximate surface area is 112 Å². The molecule has 0 amide bonds. The number of hydrogen-bond acceptors (Lipinski definition) is 3. The van der Waals surface area contributed by atoms with Gasteiger partial charge in [-0.1, -0.05) is 24.6 Å². The molecular formula is C13H18ClNO3. The molecule has 0 aliphatic heterocycles. The summed E-state index contributed by atoms with van der Waals surface area (Å²) in [5.74, 6) is -0.109. The van der Waals surface area contributed by atoms with Gasteiger partial charge in [0.2, 0.25) is 0 Å². The highest BCUT2D eigenvalue weighted by molar-refractivity contribution is 6.30. The number of likely N-dealkylation sites (N-methyl/N-ethyl adjacent to an activating group) is 1. The van der Waals surface area contributed by atoms with Crippen LogP contribution in [0.25, 0.3) is 0 Å². The van der Waals surface area contributed by atoms with Crippen molar-refractivity contribution in [3.05, 3.63) is 29.3 Å². The van der Waals surface area contributed by atoms with E-state index in [2.05, 4.69) is 0 Å². The van der Waals surface area contributed by atoms with Crippen LogP contribution in [0, 0.1) is 0 Å². The number of rotatable bonds is 7. The highest BCUT2D eigenvalue weighted by atomic mass is 35.5. The number of nitrogens with zero attached hydrogens (tertiary/aromatic N) is 1. The van der Waals surface area contributed by atoms with Crippen LogP contribution in [0.15, 0.2) is 24.3 Å². The summed E-state index contributed by atoms with van der Waals surface area (Å²) in [7, 11) is 1.78. The van der Waals surface area contributed by atoms with E-state index in [0.717, 1.165) is 0 Å². The number of carboxylic acids is 1. The van der Waals surface area contributed by atoms with Gasteiger partial charge in [0.25, 0.3) is 0 Å². The molecule has 1 atom stereocenters. The lowest BCUT2D eigenvalue weighted by molar-refractivity contribution is -0.143. The van der Waals surface area contributed by atoms with E-state index in [9.17, 15) is 4.79 Å². The standard InChI is InChI=1S/C13H18ClNO3/c1-3-12(13(16)17)15(2)7-8-18-11-6-4-5-10(14)9-11/h4-6,9,12H,3,7-8H2,1-2H3,(H,16,17)/t12-/m1/s1. The van der Waals surface area contributed by atoms with Crippen molar-refractivity contribution in [1.82, 2.24) is 4.90 Å². The van der Waals surface area contributed by atoms with Crippen LogP contribution in [0.1, 0.15) is 13.3 Å². The average Bonchev–Trinajstić information content (AvgIpc) is 2.29. The molecule has 0 saturated carbocycles. The van der Waals surface area contributed by atoms with Crippen LogP contribution in [0.2, 0.25) is 5.02 Å². The summed E-state index contributed by atoms with van der Waals surface area (Å²) in [4.78, 5) is 12.7. The average molecular weight is 272 g/mol.